The van der Waals surface area contributed by atoms with Crippen molar-refractivity contribution in [3.05, 3.63) is 0 Å². The number of hydrogen-bond acceptors (Lipinski definition) is 3. The average molecular weight is 228 g/mol. The predicted octanol–water partition coefficient (Wildman–Crippen LogP) is 2.29. The molecular formula is C13H28N2O. The van der Waals surface area contributed by atoms with Gasteiger partial charge in [0.25, 0.3) is 0 Å². The van der Waals surface area contributed by atoms with E-state index in [1.54, 1.807) is 0 Å². The number of hydrogen-bond donors (Lipinski definition) is 2. The van der Waals surface area contributed by atoms with Crippen LogP contribution in [0.4, 0.5) is 0 Å². The van der Waals surface area contributed by atoms with Gasteiger partial charge in [0.2, 0.25) is 0 Å². The van der Waals surface area contributed by atoms with Crippen LogP contribution >= 0.6 is 0 Å². The molecule has 0 atom stereocenters. The van der Waals surface area contributed by atoms with Gasteiger partial charge in [-0.25, -0.2) is 5.01 Å². The highest BCUT2D eigenvalue weighted by Crippen LogP contribution is 2.41. The minimum absolute atomic E-state index is 0.0116. The molecule has 0 aliphatic carbocycles. The van der Waals surface area contributed by atoms with Crippen LogP contribution in [0, 0.1) is 5.92 Å². The van der Waals surface area contributed by atoms with E-state index in [4.69, 9.17) is 5.84 Å². The van der Waals surface area contributed by atoms with E-state index in [0.717, 1.165) is 19.3 Å². The molecule has 96 valence electrons. The van der Waals surface area contributed by atoms with Crippen LogP contribution in [0.5, 0.6) is 0 Å². The summed E-state index contributed by atoms with van der Waals surface area (Å²) in [5.74, 6) is 6.73. The Morgan fingerprint density at radius 2 is 1.56 bits per heavy atom. The van der Waals surface area contributed by atoms with Crippen molar-refractivity contribution in [3.63, 3.8) is 0 Å². The van der Waals surface area contributed by atoms with Crippen LogP contribution in [-0.2, 0) is 0 Å². The van der Waals surface area contributed by atoms with Gasteiger partial charge in [0.1, 0.15) is 0 Å². The highest BCUT2D eigenvalue weighted by molar-refractivity contribution is 4.98. The van der Waals surface area contributed by atoms with Gasteiger partial charge in [0, 0.05) is 11.1 Å². The number of nitrogens with zero attached hydrogens (tertiary/aromatic N) is 1. The molecule has 0 aromatic carbocycles. The highest BCUT2D eigenvalue weighted by atomic mass is 16.3. The fraction of sp³-hybridized carbons (Fsp3) is 1.00. The second kappa shape index (κ2) is 3.97. The maximum atomic E-state index is 9.93. The van der Waals surface area contributed by atoms with Gasteiger partial charge in [-0.1, -0.05) is 0 Å². The topological polar surface area (TPSA) is 49.5 Å². The molecule has 1 heterocycles. The first kappa shape index (κ1) is 13.9. The zero-order valence-electron chi connectivity index (χ0n) is 11.7. The lowest BCUT2D eigenvalue weighted by atomic mass is 9.72. The zero-order chi connectivity index (χ0) is 12.8. The Balaban J connectivity index is 2.79. The Morgan fingerprint density at radius 3 is 1.88 bits per heavy atom. The molecule has 1 aliphatic heterocycles. The monoisotopic (exact) mass is 228 g/mol. The first-order valence-electron chi connectivity index (χ1n) is 6.21. The van der Waals surface area contributed by atoms with Crippen LogP contribution in [0.15, 0.2) is 0 Å². The first-order valence-corrected chi connectivity index (χ1v) is 6.21. The van der Waals surface area contributed by atoms with Crippen molar-refractivity contribution in [1.82, 2.24) is 5.01 Å². The molecule has 0 spiro atoms. The number of rotatable bonds is 2. The summed E-state index contributed by atoms with van der Waals surface area (Å²) in [5.41, 5.74) is -0.553. The van der Waals surface area contributed by atoms with Crippen LogP contribution in [-0.4, -0.2) is 26.8 Å². The lowest BCUT2D eigenvalue weighted by Crippen LogP contribution is -2.64. The SMILES string of the molecule is CC(C)(O)CC1CC(C)(C)N(N)C(C)(C)C1. The van der Waals surface area contributed by atoms with E-state index >= 15 is 0 Å². The third-order valence-electron chi connectivity index (χ3n) is 3.67. The van der Waals surface area contributed by atoms with Gasteiger partial charge >= 0.3 is 0 Å². The summed E-state index contributed by atoms with van der Waals surface area (Å²) in [6.07, 6.45) is 2.96. The minimum atomic E-state index is -0.576. The van der Waals surface area contributed by atoms with Crippen molar-refractivity contribution < 1.29 is 5.11 Å². The van der Waals surface area contributed by atoms with E-state index in [9.17, 15) is 5.11 Å². The maximum Gasteiger partial charge on any atom is 0.0594 e. The van der Waals surface area contributed by atoms with Crippen molar-refractivity contribution in [2.45, 2.75) is 77.5 Å². The number of nitrogens with two attached hydrogens (primary N) is 1. The molecule has 1 saturated heterocycles. The van der Waals surface area contributed by atoms with Gasteiger partial charge in [-0.2, -0.15) is 0 Å². The molecule has 16 heavy (non-hydrogen) atoms. The molecule has 1 rings (SSSR count). The Bertz CT molecular complexity index is 235. The third-order valence-corrected chi connectivity index (χ3v) is 3.67. The maximum absolute atomic E-state index is 9.93. The third kappa shape index (κ3) is 3.19. The van der Waals surface area contributed by atoms with Crippen molar-refractivity contribution in [2.75, 3.05) is 0 Å². The summed E-state index contributed by atoms with van der Waals surface area (Å²) >= 11 is 0. The molecule has 3 N–H and O–H groups in total. The van der Waals surface area contributed by atoms with Crippen LogP contribution < -0.4 is 5.84 Å². The quantitative estimate of drug-likeness (QED) is 0.713. The second-order valence-electron chi connectivity index (χ2n) is 7.29. The number of aliphatic hydroxyl groups is 1. The largest absolute Gasteiger partial charge is 0.390 e. The number of hydrazine groups is 1. The summed E-state index contributed by atoms with van der Waals surface area (Å²) in [7, 11) is 0. The van der Waals surface area contributed by atoms with E-state index < -0.39 is 5.60 Å². The van der Waals surface area contributed by atoms with Crippen LogP contribution in [0.1, 0.15) is 60.8 Å². The molecule has 1 fully saturated rings. The van der Waals surface area contributed by atoms with Crippen LogP contribution in [0.3, 0.4) is 0 Å². The van der Waals surface area contributed by atoms with E-state index in [-0.39, 0.29) is 11.1 Å². The second-order valence-corrected chi connectivity index (χ2v) is 7.29. The van der Waals surface area contributed by atoms with Crippen molar-refractivity contribution >= 4 is 0 Å². The van der Waals surface area contributed by atoms with E-state index in [0.29, 0.717) is 5.92 Å². The van der Waals surface area contributed by atoms with Crippen molar-refractivity contribution in [2.24, 2.45) is 11.8 Å². The summed E-state index contributed by atoms with van der Waals surface area (Å²) in [4.78, 5) is 0. The molecule has 3 nitrogen and oxygen atoms in total. The Kier molecular flexibility index (Phi) is 3.46. The van der Waals surface area contributed by atoms with Gasteiger partial charge in [0.05, 0.1) is 5.60 Å². The van der Waals surface area contributed by atoms with Crippen molar-refractivity contribution in [1.29, 1.82) is 0 Å². The number of piperidine rings is 1. The van der Waals surface area contributed by atoms with Gasteiger partial charge in [-0.05, 0) is 66.7 Å². The van der Waals surface area contributed by atoms with Gasteiger partial charge in [0.15, 0.2) is 0 Å². The molecule has 3 heteroatoms. The Hall–Kier alpha value is -0.120. The smallest absolute Gasteiger partial charge is 0.0594 e. The van der Waals surface area contributed by atoms with Gasteiger partial charge < -0.3 is 5.11 Å². The lowest BCUT2D eigenvalue weighted by Gasteiger charge is -2.53. The lowest BCUT2D eigenvalue weighted by molar-refractivity contribution is -0.0696. The molecule has 0 saturated carbocycles. The Labute approximate surface area is 100.0 Å². The molecule has 0 aromatic rings. The summed E-state index contributed by atoms with van der Waals surface area (Å²) < 4.78 is 0. The van der Waals surface area contributed by atoms with E-state index in [1.807, 2.05) is 18.9 Å². The van der Waals surface area contributed by atoms with Gasteiger partial charge in [-0.3, -0.25) is 5.84 Å². The molecule has 0 radical (unpaired) electrons. The summed E-state index contributed by atoms with van der Waals surface area (Å²) in [6.45, 7) is 12.5. The van der Waals surface area contributed by atoms with E-state index in [2.05, 4.69) is 27.7 Å². The minimum Gasteiger partial charge on any atom is -0.390 e. The highest BCUT2D eigenvalue weighted by Gasteiger charge is 2.44. The fourth-order valence-corrected chi connectivity index (χ4v) is 3.35. The molecule has 0 amide bonds. The van der Waals surface area contributed by atoms with Crippen LogP contribution in [0.2, 0.25) is 0 Å². The van der Waals surface area contributed by atoms with Crippen molar-refractivity contribution in [3.8, 4) is 0 Å². The van der Waals surface area contributed by atoms with E-state index in [1.165, 1.54) is 0 Å². The summed E-state index contributed by atoms with van der Waals surface area (Å²) in [6, 6.07) is 0. The molecule has 0 aromatic heterocycles. The first-order chi connectivity index (χ1) is 6.94. The zero-order valence-corrected chi connectivity index (χ0v) is 11.7. The fourth-order valence-electron chi connectivity index (χ4n) is 3.35. The predicted molar refractivity (Wildman–Crippen MR) is 67.8 cm³/mol. The average Bonchev–Trinajstić information content (AvgIpc) is 1.95. The summed E-state index contributed by atoms with van der Waals surface area (Å²) in [5, 5.41) is 11.9. The molecule has 1 aliphatic rings. The molecular weight excluding hydrogens is 200 g/mol. The normalized spacial score (nSPS) is 27.0. The van der Waals surface area contributed by atoms with Gasteiger partial charge in [-0.15, -0.1) is 0 Å². The molecule has 0 bridgehead atoms. The standard InChI is InChI=1S/C13H28N2O/c1-11(2)7-10(9-13(5,6)16)8-12(3,4)15(11)14/h10,16H,7-9,14H2,1-6H3. The molecule has 0 unspecified atom stereocenters. The van der Waals surface area contributed by atoms with Crippen LogP contribution in [0.25, 0.3) is 0 Å². The Morgan fingerprint density at radius 1 is 1.19 bits per heavy atom.